The van der Waals surface area contributed by atoms with Gasteiger partial charge in [-0.2, -0.15) is 0 Å². The van der Waals surface area contributed by atoms with Crippen molar-refractivity contribution < 1.29 is 13.9 Å². The summed E-state index contributed by atoms with van der Waals surface area (Å²) in [5, 5.41) is 0. The molecule has 1 rings (SSSR count). The minimum atomic E-state index is -0.428. The van der Waals surface area contributed by atoms with Crippen molar-refractivity contribution >= 4 is 12.0 Å². The standard InChI is InChI=1S/C11H12FNO2/c1-3-15-11(14)5-4-10-8(2)6-9(12)7-13-10/h4-7H,3H2,1-2H3. The van der Waals surface area contributed by atoms with E-state index in [-0.39, 0.29) is 5.82 Å². The van der Waals surface area contributed by atoms with E-state index in [2.05, 4.69) is 4.98 Å². The van der Waals surface area contributed by atoms with Crippen LogP contribution in [0.15, 0.2) is 18.3 Å². The predicted octanol–water partition coefficient (Wildman–Crippen LogP) is 2.11. The Morgan fingerprint density at radius 3 is 3.00 bits per heavy atom. The zero-order valence-corrected chi connectivity index (χ0v) is 8.66. The first kappa shape index (κ1) is 11.4. The molecule has 0 unspecified atom stereocenters. The van der Waals surface area contributed by atoms with Gasteiger partial charge < -0.3 is 4.74 Å². The lowest BCUT2D eigenvalue weighted by molar-refractivity contribution is -0.137. The van der Waals surface area contributed by atoms with Crippen molar-refractivity contribution in [1.82, 2.24) is 4.98 Å². The van der Waals surface area contributed by atoms with Crippen LogP contribution in [-0.4, -0.2) is 17.6 Å². The summed E-state index contributed by atoms with van der Waals surface area (Å²) < 4.78 is 17.4. The molecule has 0 aliphatic heterocycles. The average molecular weight is 209 g/mol. The van der Waals surface area contributed by atoms with Crippen molar-refractivity contribution in [3.05, 3.63) is 35.4 Å². The predicted molar refractivity (Wildman–Crippen MR) is 54.6 cm³/mol. The van der Waals surface area contributed by atoms with Gasteiger partial charge in [-0.15, -0.1) is 0 Å². The van der Waals surface area contributed by atoms with Gasteiger partial charge in [0, 0.05) is 6.08 Å². The molecule has 4 heteroatoms. The van der Waals surface area contributed by atoms with Crippen LogP contribution in [0.2, 0.25) is 0 Å². The number of carbonyl (C=O) groups excluding carboxylic acids is 1. The Labute approximate surface area is 87.6 Å². The van der Waals surface area contributed by atoms with Gasteiger partial charge in [-0.1, -0.05) is 0 Å². The third-order valence-corrected chi connectivity index (χ3v) is 1.75. The molecule has 0 atom stereocenters. The van der Waals surface area contributed by atoms with E-state index in [0.717, 1.165) is 6.20 Å². The molecule has 0 amide bonds. The van der Waals surface area contributed by atoms with Crippen LogP contribution in [0.3, 0.4) is 0 Å². The van der Waals surface area contributed by atoms with E-state index >= 15 is 0 Å². The molecule has 0 N–H and O–H groups in total. The number of carbonyl (C=O) groups is 1. The molecule has 0 radical (unpaired) electrons. The normalized spacial score (nSPS) is 10.6. The summed E-state index contributed by atoms with van der Waals surface area (Å²) in [6.45, 7) is 3.78. The Hall–Kier alpha value is -1.71. The van der Waals surface area contributed by atoms with Crippen molar-refractivity contribution in [1.29, 1.82) is 0 Å². The maximum atomic E-state index is 12.7. The van der Waals surface area contributed by atoms with Gasteiger partial charge in [0.2, 0.25) is 0 Å². The van der Waals surface area contributed by atoms with Crippen LogP contribution in [0.4, 0.5) is 4.39 Å². The van der Waals surface area contributed by atoms with Gasteiger partial charge in [-0.25, -0.2) is 9.18 Å². The van der Waals surface area contributed by atoms with Crippen molar-refractivity contribution in [2.75, 3.05) is 6.61 Å². The van der Waals surface area contributed by atoms with E-state index in [4.69, 9.17) is 4.74 Å². The number of pyridine rings is 1. The van der Waals surface area contributed by atoms with Crippen LogP contribution >= 0.6 is 0 Å². The Morgan fingerprint density at radius 2 is 2.40 bits per heavy atom. The summed E-state index contributed by atoms with van der Waals surface area (Å²) in [7, 11) is 0. The number of ether oxygens (including phenoxy) is 1. The molecule has 0 bridgehead atoms. The van der Waals surface area contributed by atoms with Crippen molar-refractivity contribution in [3.8, 4) is 0 Å². The highest BCUT2D eigenvalue weighted by Gasteiger charge is 1.99. The fourth-order valence-electron chi connectivity index (χ4n) is 1.06. The smallest absolute Gasteiger partial charge is 0.330 e. The quantitative estimate of drug-likeness (QED) is 0.565. The number of aryl methyl sites for hydroxylation is 1. The molecule has 0 spiro atoms. The van der Waals surface area contributed by atoms with E-state index in [9.17, 15) is 9.18 Å². The number of aromatic nitrogens is 1. The molecular weight excluding hydrogens is 197 g/mol. The second-order valence-corrected chi connectivity index (χ2v) is 2.94. The van der Waals surface area contributed by atoms with Crippen LogP contribution in [0.5, 0.6) is 0 Å². The Bertz CT molecular complexity index is 388. The number of hydrogen-bond donors (Lipinski definition) is 0. The largest absolute Gasteiger partial charge is 0.463 e. The third-order valence-electron chi connectivity index (χ3n) is 1.75. The zero-order valence-electron chi connectivity index (χ0n) is 8.66. The van der Waals surface area contributed by atoms with Gasteiger partial charge in [0.25, 0.3) is 0 Å². The number of halogens is 1. The summed E-state index contributed by atoms with van der Waals surface area (Å²) >= 11 is 0. The fraction of sp³-hybridized carbons (Fsp3) is 0.273. The van der Waals surface area contributed by atoms with Gasteiger partial charge >= 0.3 is 5.97 Å². The van der Waals surface area contributed by atoms with E-state index < -0.39 is 5.97 Å². The fourth-order valence-corrected chi connectivity index (χ4v) is 1.06. The molecule has 0 aliphatic carbocycles. The first-order valence-corrected chi connectivity index (χ1v) is 4.60. The van der Waals surface area contributed by atoms with Crippen LogP contribution < -0.4 is 0 Å². The molecule has 1 aromatic rings. The second kappa shape index (κ2) is 5.24. The monoisotopic (exact) mass is 209 g/mol. The van der Waals surface area contributed by atoms with Gasteiger partial charge in [-0.3, -0.25) is 4.98 Å². The Kier molecular flexibility index (Phi) is 3.97. The minimum absolute atomic E-state index is 0.332. The molecule has 0 saturated heterocycles. The van der Waals surface area contributed by atoms with E-state index in [1.165, 1.54) is 18.2 Å². The SMILES string of the molecule is CCOC(=O)C=Cc1ncc(F)cc1C. The van der Waals surface area contributed by atoms with Crippen molar-refractivity contribution in [2.24, 2.45) is 0 Å². The molecule has 0 aliphatic rings. The highest BCUT2D eigenvalue weighted by atomic mass is 19.1. The van der Waals surface area contributed by atoms with Gasteiger partial charge in [0.15, 0.2) is 0 Å². The number of nitrogens with zero attached hydrogens (tertiary/aromatic N) is 1. The molecule has 0 aromatic carbocycles. The van der Waals surface area contributed by atoms with Crippen LogP contribution in [0, 0.1) is 12.7 Å². The lowest BCUT2D eigenvalue weighted by Gasteiger charge is -1.98. The molecular formula is C11H12FNO2. The van der Waals surface area contributed by atoms with E-state index in [1.807, 2.05) is 0 Å². The average Bonchev–Trinajstić information content (AvgIpc) is 2.17. The summed E-state index contributed by atoms with van der Waals surface area (Å²) in [4.78, 5) is 14.8. The summed E-state index contributed by atoms with van der Waals surface area (Å²) in [5.41, 5.74) is 1.24. The van der Waals surface area contributed by atoms with E-state index in [1.54, 1.807) is 13.8 Å². The molecule has 0 fully saturated rings. The highest BCUT2D eigenvalue weighted by molar-refractivity contribution is 5.86. The topological polar surface area (TPSA) is 39.2 Å². The van der Waals surface area contributed by atoms with Gasteiger partial charge in [0.1, 0.15) is 5.82 Å². The highest BCUT2D eigenvalue weighted by Crippen LogP contribution is 2.08. The third kappa shape index (κ3) is 3.50. The number of hydrogen-bond acceptors (Lipinski definition) is 3. The number of esters is 1. The van der Waals surface area contributed by atoms with Crippen LogP contribution in [0.25, 0.3) is 6.08 Å². The molecule has 3 nitrogen and oxygen atoms in total. The van der Waals surface area contributed by atoms with Crippen LogP contribution in [0.1, 0.15) is 18.2 Å². The second-order valence-electron chi connectivity index (χ2n) is 2.94. The summed E-state index contributed by atoms with van der Waals surface area (Å²) in [6, 6.07) is 1.36. The molecule has 1 aromatic heterocycles. The molecule has 0 saturated carbocycles. The zero-order chi connectivity index (χ0) is 11.3. The molecule has 15 heavy (non-hydrogen) atoms. The number of rotatable bonds is 3. The Balaban J connectivity index is 2.76. The van der Waals surface area contributed by atoms with Crippen LogP contribution in [-0.2, 0) is 9.53 Å². The maximum absolute atomic E-state index is 12.7. The maximum Gasteiger partial charge on any atom is 0.330 e. The van der Waals surface area contributed by atoms with Crippen molar-refractivity contribution in [3.63, 3.8) is 0 Å². The van der Waals surface area contributed by atoms with Crippen molar-refractivity contribution in [2.45, 2.75) is 13.8 Å². The van der Waals surface area contributed by atoms with Gasteiger partial charge in [0.05, 0.1) is 18.5 Å². The molecule has 1 heterocycles. The lowest BCUT2D eigenvalue weighted by Crippen LogP contribution is -1.99. The summed E-state index contributed by atoms with van der Waals surface area (Å²) in [6.07, 6.45) is 3.89. The summed E-state index contributed by atoms with van der Waals surface area (Å²) in [5.74, 6) is -0.816. The Morgan fingerprint density at radius 1 is 1.67 bits per heavy atom. The molecule has 80 valence electrons. The first-order valence-electron chi connectivity index (χ1n) is 4.60. The lowest BCUT2D eigenvalue weighted by atomic mass is 10.2. The van der Waals surface area contributed by atoms with E-state index in [0.29, 0.717) is 17.9 Å². The minimum Gasteiger partial charge on any atom is -0.463 e. The van der Waals surface area contributed by atoms with Gasteiger partial charge in [-0.05, 0) is 31.6 Å². The first-order chi connectivity index (χ1) is 7.13.